The van der Waals surface area contributed by atoms with Gasteiger partial charge in [0.2, 0.25) is 0 Å². The lowest BCUT2D eigenvalue weighted by Gasteiger charge is -2.19. The molecule has 2 rings (SSSR count). The van der Waals surface area contributed by atoms with Crippen molar-refractivity contribution < 1.29 is 8.78 Å². The average molecular weight is 341 g/mol. The number of nitrogens with one attached hydrogen (secondary N) is 1. The molecule has 106 valence electrons. The zero-order valence-electron chi connectivity index (χ0n) is 11.0. The SMILES string of the molecule is Cc1cccc(C(Cc2ccc(F)cc2F)NN)c1Br. The van der Waals surface area contributed by atoms with Gasteiger partial charge in [0.05, 0.1) is 6.04 Å². The van der Waals surface area contributed by atoms with Gasteiger partial charge in [-0.2, -0.15) is 0 Å². The van der Waals surface area contributed by atoms with Crippen molar-refractivity contribution in [1.82, 2.24) is 5.43 Å². The molecule has 0 fully saturated rings. The molecule has 0 saturated carbocycles. The summed E-state index contributed by atoms with van der Waals surface area (Å²) in [5, 5.41) is 0. The first kappa shape index (κ1) is 15.1. The van der Waals surface area contributed by atoms with Gasteiger partial charge < -0.3 is 0 Å². The predicted octanol–water partition coefficient (Wildman–Crippen LogP) is 3.78. The molecule has 0 aliphatic heterocycles. The van der Waals surface area contributed by atoms with E-state index in [1.807, 2.05) is 25.1 Å². The Kier molecular flexibility index (Phi) is 4.86. The van der Waals surface area contributed by atoms with E-state index in [1.165, 1.54) is 12.1 Å². The topological polar surface area (TPSA) is 38.0 Å². The van der Waals surface area contributed by atoms with Crippen LogP contribution in [-0.2, 0) is 6.42 Å². The van der Waals surface area contributed by atoms with Gasteiger partial charge in [-0.3, -0.25) is 11.3 Å². The molecule has 3 N–H and O–H groups in total. The van der Waals surface area contributed by atoms with Gasteiger partial charge in [-0.05, 0) is 36.1 Å². The van der Waals surface area contributed by atoms with E-state index in [0.29, 0.717) is 12.0 Å². The van der Waals surface area contributed by atoms with Crippen LogP contribution in [0.15, 0.2) is 40.9 Å². The highest BCUT2D eigenvalue weighted by molar-refractivity contribution is 9.10. The molecular weight excluding hydrogens is 326 g/mol. The van der Waals surface area contributed by atoms with E-state index in [-0.39, 0.29) is 6.04 Å². The fourth-order valence-corrected chi connectivity index (χ4v) is 2.65. The van der Waals surface area contributed by atoms with Gasteiger partial charge in [-0.1, -0.05) is 40.2 Å². The highest BCUT2D eigenvalue weighted by Crippen LogP contribution is 2.29. The first-order valence-electron chi connectivity index (χ1n) is 6.18. The summed E-state index contributed by atoms with van der Waals surface area (Å²) in [6.45, 7) is 1.97. The van der Waals surface area contributed by atoms with Crippen molar-refractivity contribution in [3.8, 4) is 0 Å². The van der Waals surface area contributed by atoms with Gasteiger partial charge in [-0.25, -0.2) is 8.78 Å². The first-order valence-corrected chi connectivity index (χ1v) is 6.97. The van der Waals surface area contributed by atoms with Gasteiger partial charge in [0.1, 0.15) is 11.6 Å². The minimum absolute atomic E-state index is 0.260. The average Bonchev–Trinajstić information content (AvgIpc) is 2.42. The molecule has 1 unspecified atom stereocenters. The van der Waals surface area contributed by atoms with Crippen LogP contribution in [-0.4, -0.2) is 0 Å². The van der Waals surface area contributed by atoms with Gasteiger partial charge >= 0.3 is 0 Å². The van der Waals surface area contributed by atoms with Gasteiger partial charge in [0, 0.05) is 10.5 Å². The third-order valence-corrected chi connectivity index (χ3v) is 4.32. The standard InChI is InChI=1S/C15H15BrF2N2/c1-9-3-2-4-12(15(9)16)14(20-19)7-10-5-6-11(17)8-13(10)18/h2-6,8,14,20H,7,19H2,1H3. The monoisotopic (exact) mass is 340 g/mol. The molecule has 0 aliphatic rings. The highest BCUT2D eigenvalue weighted by Gasteiger charge is 2.16. The van der Waals surface area contributed by atoms with E-state index in [4.69, 9.17) is 5.84 Å². The molecule has 0 aromatic heterocycles. The second-order valence-electron chi connectivity index (χ2n) is 4.64. The Morgan fingerprint density at radius 3 is 2.65 bits per heavy atom. The van der Waals surface area contributed by atoms with Crippen LogP contribution in [0.4, 0.5) is 8.78 Å². The van der Waals surface area contributed by atoms with Crippen molar-refractivity contribution in [3.05, 3.63) is 69.2 Å². The number of rotatable bonds is 4. The normalized spacial score (nSPS) is 12.4. The predicted molar refractivity (Wildman–Crippen MR) is 79.0 cm³/mol. The van der Waals surface area contributed by atoms with E-state index in [1.54, 1.807) is 0 Å². The van der Waals surface area contributed by atoms with Gasteiger partial charge in [0.15, 0.2) is 0 Å². The second kappa shape index (κ2) is 6.43. The lowest BCUT2D eigenvalue weighted by Crippen LogP contribution is -2.30. The van der Waals surface area contributed by atoms with Crippen LogP contribution in [0, 0.1) is 18.6 Å². The molecule has 0 bridgehead atoms. The molecule has 0 amide bonds. The van der Waals surface area contributed by atoms with E-state index >= 15 is 0 Å². The molecule has 0 aliphatic carbocycles. The zero-order chi connectivity index (χ0) is 14.7. The lowest BCUT2D eigenvalue weighted by molar-refractivity contribution is 0.520. The van der Waals surface area contributed by atoms with Crippen LogP contribution in [0.1, 0.15) is 22.7 Å². The third kappa shape index (κ3) is 3.23. The highest BCUT2D eigenvalue weighted by atomic mass is 79.9. The second-order valence-corrected chi connectivity index (χ2v) is 5.43. The Bertz CT molecular complexity index is 617. The molecular formula is C15H15BrF2N2. The Morgan fingerprint density at radius 1 is 1.25 bits per heavy atom. The molecule has 0 radical (unpaired) electrons. The van der Waals surface area contributed by atoms with Crippen LogP contribution in [0.2, 0.25) is 0 Å². The lowest BCUT2D eigenvalue weighted by atomic mass is 9.98. The maximum absolute atomic E-state index is 13.7. The van der Waals surface area contributed by atoms with Crippen molar-refractivity contribution >= 4 is 15.9 Å². The van der Waals surface area contributed by atoms with Crippen LogP contribution >= 0.6 is 15.9 Å². The molecule has 2 aromatic carbocycles. The number of benzene rings is 2. The molecule has 1 atom stereocenters. The van der Waals surface area contributed by atoms with Crippen molar-refractivity contribution in [3.63, 3.8) is 0 Å². The first-order chi connectivity index (χ1) is 9.52. The number of aryl methyl sites for hydroxylation is 1. The molecule has 2 nitrogen and oxygen atoms in total. The van der Waals surface area contributed by atoms with Crippen molar-refractivity contribution in [1.29, 1.82) is 0 Å². The number of nitrogens with two attached hydrogens (primary N) is 1. The van der Waals surface area contributed by atoms with Crippen LogP contribution in [0.25, 0.3) is 0 Å². The maximum atomic E-state index is 13.7. The van der Waals surface area contributed by atoms with Crippen molar-refractivity contribution in [2.24, 2.45) is 5.84 Å². The Balaban J connectivity index is 2.31. The summed E-state index contributed by atoms with van der Waals surface area (Å²) < 4.78 is 27.6. The maximum Gasteiger partial charge on any atom is 0.129 e. The molecule has 0 saturated heterocycles. The summed E-state index contributed by atoms with van der Waals surface area (Å²) in [5.41, 5.74) is 5.12. The van der Waals surface area contributed by atoms with Crippen LogP contribution in [0.5, 0.6) is 0 Å². The van der Waals surface area contributed by atoms with E-state index < -0.39 is 11.6 Å². The van der Waals surface area contributed by atoms with Crippen LogP contribution < -0.4 is 11.3 Å². The third-order valence-electron chi connectivity index (χ3n) is 3.24. The summed E-state index contributed by atoms with van der Waals surface area (Å²) in [6.07, 6.45) is 0.338. The molecule has 2 aromatic rings. The Morgan fingerprint density at radius 2 is 2.00 bits per heavy atom. The molecule has 20 heavy (non-hydrogen) atoms. The van der Waals surface area contributed by atoms with Crippen molar-refractivity contribution in [2.45, 2.75) is 19.4 Å². The fourth-order valence-electron chi connectivity index (χ4n) is 2.11. The minimum atomic E-state index is -0.583. The van der Waals surface area contributed by atoms with Gasteiger partial charge in [-0.15, -0.1) is 0 Å². The Labute approximate surface area is 125 Å². The molecule has 5 heteroatoms. The number of halogens is 3. The number of hydrogen-bond acceptors (Lipinski definition) is 2. The molecule has 0 heterocycles. The molecule has 0 spiro atoms. The largest absolute Gasteiger partial charge is 0.271 e. The fraction of sp³-hybridized carbons (Fsp3) is 0.200. The van der Waals surface area contributed by atoms with Gasteiger partial charge in [0.25, 0.3) is 0 Å². The number of hydrazine groups is 1. The summed E-state index contributed by atoms with van der Waals surface area (Å²) in [6, 6.07) is 9.12. The van der Waals surface area contributed by atoms with E-state index in [9.17, 15) is 8.78 Å². The van der Waals surface area contributed by atoms with Crippen LogP contribution in [0.3, 0.4) is 0 Å². The summed E-state index contributed by atoms with van der Waals surface area (Å²) in [7, 11) is 0. The summed E-state index contributed by atoms with van der Waals surface area (Å²) >= 11 is 3.52. The smallest absolute Gasteiger partial charge is 0.129 e. The zero-order valence-corrected chi connectivity index (χ0v) is 12.5. The Hall–Kier alpha value is -1.30. The minimum Gasteiger partial charge on any atom is -0.271 e. The number of hydrogen-bond donors (Lipinski definition) is 2. The summed E-state index contributed by atoms with van der Waals surface area (Å²) in [5.74, 6) is 4.44. The van der Waals surface area contributed by atoms with E-state index in [2.05, 4.69) is 21.4 Å². The van der Waals surface area contributed by atoms with Crippen molar-refractivity contribution in [2.75, 3.05) is 0 Å². The van der Waals surface area contributed by atoms with E-state index in [0.717, 1.165) is 21.7 Å². The summed E-state index contributed by atoms with van der Waals surface area (Å²) in [4.78, 5) is 0. The quantitative estimate of drug-likeness (QED) is 0.656.